The lowest BCUT2D eigenvalue weighted by atomic mass is 9.76. The first-order valence-corrected chi connectivity index (χ1v) is 7.99. The highest BCUT2D eigenvalue weighted by Crippen LogP contribution is 2.42. The van der Waals surface area contributed by atoms with Crippen LogP contribution in [0.5, 0.6) is 0 Å². The van der Waals surface area contributed by atoms with Gasteiger partial charge in [-0.15, -0.1) is 0 Å². The van der Waals surface area contributed by atoms with Gasteiger partial charge in [-0.1, -0.05) is 17.7 Å². The van der Waals surface area contributed by atoms with Crippen molar-refractivity contribution in [3.63, 3.8) is 0 Å². The van der Waals surface area contributed by atoms with Crippen molar-refractivity contribution in [2.24, 2.45) is 0 Å². The SMILES string of the molecule is Cc1cc(C)c(CC2(O)CCC3(CC2)OCCO3)c(C)c1. The van der Waals surface area contributed by atoms with E-state index in [1.54, 1.807) is 0 Å². The van der Waals surface area contributed by atoms with E-state index in [9.17, 15) is 5.11 Å². The van der Waals surface area contributed by atoms with Crippen molar-refractivity contribution in [3.8, 4) is 0 Å². The molecule has 1 N–H and O–H groups in total. The fraction of sp³-hybridized carbons (Fsp3) is 0.667. The molecule has 2 fully saturated rings. The fourth-order valence-electron chi connectivity index (χ4n) is 3.88. The average molecular weight is 290 g/mol. The van der Waals surface area contributed by atoms with Crippen molar-refractivity contribution in [2.75, 3.05) is 13.2 Å². The standard InChI is InChI=1S/C18H26O3/c1-13-10-14(2)16(15(3)11-13)12-17(19)4-6-18(7-5-17)20-8-9-21-18/h10-11,19H,4-9,12H2,1-3H3. The van der Waals surface area contributed by atoms with E-state index in [1.165, 1.54) is 22.3 Å². The molecule has 1 heterocycles. The molecule has 0 unspecified atom stereocenters. The number of benzene rings is 1. The van der Waals surface area contributed by atoms with E-state index in [2.05, 4.69) is 32.9 Å². The minimum Gasteiger partial charge on any atom is -0.390 e. The Morgan fingerprint density at radius 2 is 1.48 bits per heavy atom. The minimum absolute atomic E-state index is 0.399. The Labute approximate surface area is 127 Å². The molecule has 0 aromatic heterocycles. The van der Waals surface area contributed by atoms with E-state index in [-0.39, 0.29) is 0 Å². The minimum atomic E-state index is -0.620. The van der Waals surface area contributed by atoms with E-state index in [4.69, 9.17) is 9.47 Å². The molecule has 0 radical (unpaired) electrons. The third-order valence-electron chi connectivity index (χ3n) is 5.10. The molecule has 3 rings (SSSR count). The van der Waals surface area contributed by atoms with Gasteiger partial charge in [-0.3, -0.25) is 0 Å². The molecule has 0 atom stereocenters. The zero-order valence-corrected chi connectivity index (χ0v) is 13.4. The van der Waals surface area contributed by atoms with Gasteiger partial charge in [0.05, 0.1) is 18.8 Å². The van der Waals surface area contributed by atoms with Crippen molar-refractivity contribution >= 4 is 0 Å². The van der Waals surface area contributed by atoms with Crippen LogP contribution in [0.15, 0.2) is 12.1 Å². The number of aryl methyl sites for hydroxylation is 3. The molecule has 3 nitrogen and oxygen atoms in total. The molecule has 1 aromatic rings. The lowest BCUT2D eigenvalue weighted by molar-refractivity contribution is -0.202. The van der Waals surface area contributed by atoms with Gasteiger partial charge in [0, 0.05) is 19.3 Å². The zero-order valence-electron chi connectivity index (χ0n) is 13.4. The summed E-state index contributed by atoms with van der Waals surface area (Å²) in [6.07, 6.45) is 3.83. The third kappa shape index (κ3) is 3.01. The molecule has 1 aromatic carbocycles. The van der Waals surface area contributed by atoms with Crippen LogP contribution >= 0.6 is 0 Å². The van der Waals surface area contributed by atoms with Gasteiger partial charge in [0.2, 0.25) is 0 Å². The van der Waals surface area contributed by atoms with E-state index >= 15 is 0 Å². The van der Waals surface area contributed by atoms with Crippen LogP contribution in [0, 0.1) is 20.8 Å². The number of rotatable bonds is 2. The maximum atomic E-state index is 11.0. The summed E-state index contributed by atoms with van der Waals surface area (Å²) in [6.45, 7) is 7.79. The molecular weight excluding hydrogens is 264 g/mol. The van der Waals surface area contributed by atoms with Gasteiger partial charge in [-0.25, -0.2) is 0 Å². The topological polar surface area (TPSA) is 38.7 Å². The van der Waals surface area contributed by atoms with Gasteiger partial charge < -0.3 is 14.6 Å². The van der Waals surface area contributed by atoms with Crippen molar-refractivity contribution in [3.05, 3.63) is 34.4 Å². The number of hydrogen-bond donors (Lipinski definition) is 1. The van der Waals surface area contributed by atoms with Crippen LogP contribution in [0.2, 0.25) is 0 Å². The van der Waals surface area contributed by atoms with Gasteiger partial charge in [0.1, 0.15) is 0 Å². The van der Waals surface area contributed by atoms with Crippen LogP contribution in [-0.2, 0) is 15.9 Å². The Hall–Kier alpha value is -0.900. The van der Waals surface area contributed by atoms with Gasteiger partial charge in [-0.05, 0) is 50.3 Å². The molecule has 1 aliphatic heterocycles. The largest absolute Gasteiger partial charge is 0.390 e. The van der Waals surface area contributed by atoms with Crippen LogP contribution in [0.4, 0.5) is 0 Å². The maximum absolute atomic E-state index is 11.0. The molecule has 1 aliphatic carbocycles. The average Bonchev–Trinajstić information content (AvgIpc) is 2.87. The molecule has 116 valence electrons. The Kier molecular flexibility index (Phi) is 3.85. The fourth-order valence-corrected chi connectivity index (χ4v) is 3.88. The second kappa shape index (κ2) is 5.38. The Morgan fingerprint density at radius 3 is 2.00 bits per heavy atom. The van der Waals surface area contributed by atoms with Crippen LogP contribution in [0.25, 0.3) is 0 Å². The van der Waals surface area contributed by atoms with E-state index in [0.29, 0.717) is 13.2 Å². The Morgan fingerprint density at radius 1 is 0.952 bits per heavy atom. The monoisotopic (exact) mass is 290 g/mol. The first-order valence-electron chi connectivity index (χ1n) is 7.99. The van der Waals surface area contributed by atoms with Crippen molar-refractivity contribution in [1.29, 1.82) is 0 Å². The quantitative estimate of drug-likeness (QED) is 0.909. The molecule has 3 heteroatoms. The van der Waals surface area contributed by atoms with E-state index in [0.717, 1.165) is 32.1 Å². The van der Waals surface area contributed by atoms with Crippen LogP contribution in [0.1, 0.15) is 47.9 Å². The first kappa shape index (κ1) is 15.0. The first-order chi connectivity index (χ1) is 9.91. The molecule has 0 amide bonds. The highest BCUT2D eigenvalue weighted by Gasteiger charge is 2.45. The molecule has 21 heavy (non-hydrogen) atoms. The predicted octanol–water partition coefficient (Wildman–Crippen LogP) is 3.20. The van der Waals surface area contributed by atoms with Crippen molar-refractivity contribution in [1.82, 2.24) is 0 Å². The third-order valence-corrected chi connectivity index (χ3v) is 5.10. The summed E-state index contributed by atoms with van der Waals surface area (Å²) in [6, 6.07) is 4.42. The summed E-state index contributed by atoms with van der Waals surface area (Å²) in [5.74, 6) is -0.399. The smallest absolute Gasteiger partial charge is 0.168 e. The highest BCUT2D eigenvalue weighted by atomic mass is 16.7. The Balaban J connectivity index is 1.73. The number of hydrogen-bond acceptors (Lipinski definition) is 3. The van der Waals surface area contributed by atoms with Gasteiger partial charge >= 0.3 is 0 Å². The lowest BCUT2D eigenvalue weighted by Gasteiger charge is -2.41. The van der Waals surface area contributed by atoms with E-state index < -0.39 is 11.4 Å². The van der Waals surface area contributed by atoms with Crippen LogP contribution in [0.3, 0.4) is 0 Å². The molecule has 0 bridgehead atoms. The molecule has 1 spiro atoms. The van der Waals surface area contributed by atoms with Crippen LogP contribution < -0.4 is 0 Å². The summed E-state index contributed by atoms with van der Waals surface area (Å²) in [5, 5.41) is 11.0. The molecule has 2 aliphatic rings. The zero-order chi connectivity index (χ0) is 15.1. The van der Waals surface area contributed by atoms with Crippen molar-refractivity contribution < 1.29 is 14.6 Å². The summed E-state index contributed by atoms with van der Waals surface area (Å²) in [7, 11) is 0. The van der Waals surface area contributed by atoms with Gasteiger partial charge in [0.25, 0.3) is 0 Å². The maximum Gasteiger partial charge on any atom is 0.168 e. The second-order valence-electron chi connectivity index (χ2n) is 6.89. The van der Waals surface area contributed by atoms with E-state index in [1.807, 2.05) is 0 Å². The molecular formula is C18H26O3. The summed E-state index contributed by atoms with van der Waals surface area (Å²) < 4.78 is 11.5. The molecule has 1 saturated carbocycles. The van der Waals surface area contributed by atoms with Crippen molar-refractivity contribution in [2.45, 2.75) is 64.3 Å². The summed E-state index contributed by atoms with van der Waals surface area (Å²) >= 11 is 0. The van der Waals surface area contributed by atoms with Gasteiger partial charge in [-0.2, -0.15) is 0 Å². The second-order valence-corrected chi connectivity index (χ2v) is 6.89. The number of ether oxygens (including phenoxy) is 2. The number of aliphatic hydroxyl groups is 1. The summed E-state index contributed by atoms with van der Waals surface area (Å²) in [4.78, 5) is 0. The molecule has 1 saturated heterocycles. The predicted molar refractivity (Wildman–Crippen MR) is 82.4 cm³/mol. The van der Waals surface area contributed by atoms with Gasteiger partial charge in [0.15, 0.2) is 5.79 Å². The highest BCUT2D eigenvalue weighted by molar-refractivity contribution is 5.38. The summed E-state index contributed by atoms with van der Waals surface area (Å²) in [5.41, 5.74) is 4.54. The van der Waals surface area contributed by atoms with Crippen LogP contribution in [-0.4, -0.2) is 29.7 Å². The normalized spacial score (nSPS) is 23.6. The lowest BCUT2D eigenvalue weighted by Crippen LogP contribution is -2.45. The Bertz CT molecular complexity index is 496.